The average molecular weight is 317 g/mol. The Balaban J connectivity index is 2.83. The minimum atomic E-state index is -3.36. The van der Waals surface area contributed by atoms with Crippen LogP contribution >= 0.6 is 0 Å². The average Bonchev–Trinajstić information content (AvgIpc) is 2.31. The van der Waals surface area contributed by atoms with Gasteiger partial charge in [-0.3, -0.25) is 4.79 Å². The molecule has 21 heavy (non-hydrogen) atoms. The first-order valence-corrected chi connectivity index (χ1v) is 7.89. The molecule has 9 heteroatoms. The van der Waals surface area contributed by atoms with Gasteiger partial charge >= 0.3 is 5.97 Å². The normalized spacial score (nSPS) is 12.6. The van der Waals surface area contributed by atoms with Gasteiger partial charge in [0, 0.05) is 17.9 Å². The summed E-state index contributed by atoms with van der Waals surface area (Å²) in [6.07, 6.45) is 0.672. The number of rotatable bonds is 6. The molecule has 0 fully saturated rings. The number of carboxylic acids is 1. The van der Waals surface area contributed by atoms with E-state index >= 15 is 0 Å². The third kappa shape index (κ3) is 5.69. The Kier molecular flexibility index (Phi) is 5.14. The van der Waals surface area contributed by atoms with Crippen molar-refractivity contribution in [1.82, 2.24) is 5.32 Å². The summed E-state index contributed by atoms with van der Waals surface area (Å²) in [6.45, 7) is 0. The first-order chi connectivity index (χ1) is 9.58. The summed E-state index contributed by atoms with van der Waals surface area (Å²) >= 11 is 0. The molecular formula is C12H15NO7S. The molecule has 0 saturated heterocycles. The number of sulfone groups is 1. The summed E-state index contributed by atoms with van der Waals surface area (Å²) < 4.78 is 22.1. The number of phenols is 2. The zero-order valence-corrected chi connectivity index (χ0v) is 11.9. The number of hydrogen-bond donors (Lipinski definition) is 4. The van der Waals surface area contributed by atoms with Gasteiger partial charge in [-0.25, -0.2) is 13.2 Å². The van der Waals surface area contributed by atoms with E-state index in [0.717, 1.165) is 24.5 Å². The lowest BCUT2D eigenvalue weighted by molar-refractivity contribution is -0.139. The number of carbonyl (C=O) groups is 2. The lowest BCUT2D eigenvalue weighted by atomic mass is 10.1. The fourth-order valence-electron chi connectivity index (χ4n) is 1.56. The lowest BCUT2D eigenvalue weighted by Crippen LogP contribution is -2.41. The van der Waals surface area contributed by atoms with Crippen molar-refractivity contribution in [2.75, 3.05) is 12.0 Å². The van der Waals surface area contributed by atoms with Gasteiger partial charge in [0.15, 0.2) is 0 Å². The van der Waals surface area contributed by atoms with Gasteiger partial charge in [-0.1, -0.05) is 0 Å². The number of benzene rings is 1. The second kappa shape index (κ2) is 6.44. The molecule has 0 aliphatic heterocycles. The molecule has 1 unspecified atom stereocenters. The Morgan fingerprint density at radius 1 is 1.19 bits per heavy atom. The van der Waals surface area contributed by atoms with Gasteiger partial charge in [-0.15, -0.1) is 0 Å². The van der Waals surface area contributed by atoms with E-state index in [-0.39, 0.29) is 23.5 Å². The summed E-state index contributed by atoms with van der Waals surface area (Å²) in [6, 6.07) is 1.71. The molecule has 1 aromatic carbocycles. The highest BCUT2D eigenvalue weighted by atomic mass is 32.2. The van der Waals surface area contributed by atoms with E-state index < -0.39 is 33.5 Å². The molecule has 0 bridgehead atoms. The van der Waals surface area contributed by atoms with Crippen LogP contribution in [0.15, 0.2) is 18.2 Å². The zero-order valence-electron chi connectivity index (χ0n) is 11.1. The number of aliphatic carboxylic acids is 1. The lowest BCUT2D eigenvalue weighted by Gasteiger charge is -2.14. The Labute approximate surface area is 121 Å². The van der Waals surface area contributed by atoms with E-state index in [0.29, 0.717) is 0 Å². The van der Waals surface area contributed by atoms with E-state index in [9.17, 15) is 28.2 Å². The Morgan fingerprint density at radius 3 is 2.14 bits per heavy atom. The highest BCUT2D eigenvalue weighted by Crippen LogP contribution is 2.20. The van der Waals surface area contributed by atoms with Gasteiger partial charge in [0.1, 0.15) is 27.4 Å². The third-order valence-corrected chi connectivity index (χ3v) is 3.52. The summed E-state index contributed by atoms with van der Waals surface area (Å²) in [5, 5.41) is 29.6. The Hall–Kier alpha value is -2.29. The number of carboxylic acid groups (broad SMARTS) is 1. The molecule has 0 heterocycles. The number of phenolic OH excluding ortho intramolecular Hbond substituents is 2. The maximum absolute atomic E-state index is 11.8. The first kappa shape index (κ1) is 16.8. The molecule has 116 valence electrons. The summed E-state index contributed by atoms with van der Waals surface area (Å²) in [7, 11) is -3.36. The smallest absolute Gasteiger partial charge is 0.326 e. The molecule has 0 aromatic heterocycles. The molecule has 1 atom stereocenters. The zero-order chi connectivity index (χ0) is 16.2. The van der Waals surface area contributed by atoms with Crippen molar-refractivity contribution in [3.8, 4) is 11.5 Å². The van der Waals surface area contributed by atoms with Crippen molar-refractivity contribution in [3.05, 3.63) is 23.8 Å². The maximum Gasteiger partial charge on any atom is 0.326 e. The van der Waals surface area contributed by atoms with Crippen LogP contribution < -0.4 is 5.32 Å². The van der Waals surface area contributed by atoms with E-state index in [1.54, 1.807) is 0 Å². The molecule has 0 spiro atoms. The van der Waals surface area contributed by atoms with E-state index in [4.69, 9.17) is 5.11 Å². The van der Waals surface area contributed by atoms with E-state index in [1.807, 2.05) is 0 Å². The summed E-state index contributed by atoms with van der Waals surface area (Å²) in [4.78, 5) is 22.9. The molecular weight excluding hydrogens is 302 g/mol. The van der Waals surface area contributed by atoms with Gasteiger partial charge in [0.25, 0.3) is 5.91 Å². The minimum absolute atomic E-state index is 0.141. The van der Waals surface area contributed by atoms with Crippen LogP contribution in [-0.4, -0.2) is 53.7 Å². The van der Waals surface area contributed by atoms with E-state index in [1.165, 1.54) is 0 Å². The van der Waals surface area contributed by atoms with Gasteiger partial charge in [-0.05, 0) is 18.6 Å². The Bertz CT molecular complexity index is 633. The van der Waals surface area contributed by atoms with Crippen LogP contribution in [0.4, 0.5) is 0 Å². The van der Waals surface area contributed by atoms with Gasteiger partial charge in [0.2, 0.25) is 0 Å². The predicted molar refractivity (Wildman–Crippen MR) is 73.0 cm³/mol. The minimum Gasteiger partial charge on any atom is -0.508 e. The molecule has 1 aromatic rings. The van der Waals surface area contributed by atoms with Crippen LogP contribution in [0.25, 0.3) is 0 Å². The highest BCUT2D eigenvalue weighted by molar-refractivity contribution is 7.90. The molecule has 0 aliphatic carbocycles. The second-order valence-corrected chi connectivity index (χ2v) is 6.78. The van der Waals surface area contributed by atoms with Crippen molar-refractivity contribution in [2.24, 2.45) is 0 Å². The molecule has 1 rings (SSSR count). The maximum atomic E-state index is 11.8. The quantitative estimate of drug-likeness (QED) is 0.565. The summed E-state index contributed by atoms with van der Waals surface area (Å²) in [5.74, 6) is -3.33. The number of nitrogens with one attached hydrogen (secondary N) is 1. The van der Waals surface area contributed by atoms with Crippen LogP contribution in [0, 0.1) is 0 Å². The van der Waals surface area contributed by atoms with Crippen LogP contribution in [-0.2, 0) is 14.6 Å². The molecule has 0 radical (unpaired) electrons. The molecule has 4 N–H and O–H groups in total. The van der Waals surface area contributed by atoms with Crippen molar-refractivity contribution in [1.29, 1.82) is 0 Å². The SMILES string of the molecule is CS(=O)(=O)CCC(NC(=O)c1cc(O)cc(O)c1)C(=O)O. The molecule has 0 aliphatic rings. The molecule has 0 saturated carbocycles. The second-order valence-electron chi connectivity index (χ2n) is 4.52. The van der Waals surface area contributed by atoms with Crippen molar-refractivity contribution < 1.29 is 33.3 Å². The van der Waals surface area contributed by atoms with E-state index in [2.05, 4.69) is 5.32 Å². The van der Waals surface area contributed by atoms with Crippen molar-refractivity contribution in [3.63, 3.8) is 0 Å². The number of amides is 1. The Morgan fingerprint density at radius 2 is 1.71 bits per heavy atom. The van der Waals surface area contributed by atoms with Crippen LogP contribution in [0.2, 0.25) is 0 Å². The number of carbonyl (C=O) groups excluding carboxylic acids is 1. The van der Waals surface area contributed by atoms with Crippen LogP contribution in [0.1, 0.15) is 16.8 Å². The van der Waals surface area contributed by atoms with Crippen molar-refractivity contribution >= 4 is 21.7 Å². The first-order valence-electron chi connectivity index (χ1n) is 5.83. The van der Waals surface area contributed by atoms with Gasteiger partial charge < -0.3 is 20.6 Å². The summed E-state index contributed by atoms with van der Waals surface area (Å²) in [5.41, 5.74) is -0.141. The van der Waals surface area contributed by atoms with Gasteiger partial charge in [-0.2, -0.15) is 0 Å². The monoisotopic (exact) mass is 317 g/mol. The molecule has 8 nitrogen and oxygen atoms in total. The van der Waals surface area contributed by atoms with Crippen molar-refractivity contribution in [2.45, 2.75) is 12.5 Å². The van der Waals surface area contributed by atoms with Crippen LogP contribution in [0.5, 0.6) is 11.5 Å². The van der Waals surface area contributed by atoms with Crippen LogP contribution in [0.3, 0.4) is 0 Å². The topological polar surface area (TPSA) is 141 Å². The fraction of sp³-hybridized carbons (Fsp3) is 0.333. The predicted octanol–water partition coefficient (Wildman–Crippen LogP) is -0.285. The standard InChI is InChI=1S/C12H15NO7S/c1-21(19,20)3-2-10(12(17)18)13-11(16)7-4-8(14)6-9(15)5-7/h4-6,10,14-15H,2-3H2,1H3,(H,13,16)(H,17,18). The van der Waals surface area contributed by atoms with Gasteiger partial charge in [0.05, 0.1) is 5.75 Å². The fourth-order valence-corrected chi connectivity index (χ4v) is 2.22. The highest BCUT2D eigenvalue weighted by Gasteiger charge is 2.22. The number of hydrogen-bond acceptors (Lipinski definition) is 6. The third-order valence-electron chi connectivity index (χ3n) is 2.55. The molecule has 1 amide bonds. The largest absolute Gasteiger partial charge is 0.508 e. The number of aromatic hydroxyl groups is 2.